The summed E-state index contributed by atoms with van der Waals surface area (Å²) in [4.78, 5) is 13.7. The van der Waals surface area contributed by atoms with E-state index in [9.17, 15) is 0 Å². The van der Waals surface area contributed by atoms with E-state index in [-0.39, 0.29) is 5.60 Å². The van der Waals surface area contributed by atoms with Crippen LogP contribution in [0, 0.1) is 6.92 Å². The Labute approximate surface area is 163 Å². The van der Waals surface area contributed by atoms with Gasteiger partial charge < -0.3 is 14.5 Å². The SMILES string of the molecule is Cc1cc(N2CCC3(CC2)OCCc2cnc(N(C)C)nc23)c2nncn2n1. The molecule has 0 N–H and O–H groups in total. The van der Waals surface area contributed by atoms with Crippen LogP contribution >= 0.6 is 0 Å². The van der Waals surface area contributed by atoms with Crippen molar-refractivity contribution in [3.63, 3.8) is 0 Å². The Balaban J connectivity index is 1.46. The second-order valence-electron chi connectivity index (χ2n) is 7.79. The van der Waals surface area contributed by atoms with E-state index in [2.05, 4.69) is 31.2 Å². The number of rotatable bonds is 2. The van der Waals surface area contributed by atoms with Crippen LogP contribution in [0.25, 0.3) is 5.65 Å². The maximum atomic E-state index is 6.37. The second-order valence-corrected chi connectivity index (χ2v) is 7.79. The number of fused-ring (bicyclic) bond motifs is 3. The second kappa shape index (κ2) is 6.37. The standard InChI is InChI=1S/C19H24N8O/c1-13-10-15(17-23-21-12-27(17)24-13)26-7-5-19(6-8-26)16-14(4-9-28-19)11-20-18(22-16)25(2)3/h10-12H,4-9H2,1-3H3. The van der Waals surface area contributed by atoms with E-state index in [0.29, 0.717) is 0 Å². The van der Waals surface area contributed by atoms with Gasteiger partial charge in [-0.25, -0.2) is 9.97 Å². The molecule has 0 saturated carbocycles. The quantitative estimate of drug-likeness (QED) is 0.659. The first kappa shape index (κ1) is 17.3. The molecule has 9 nitrogen and oxygen atoms in total. The average Bonchev–Trinajstić information content (AvgIpc) is 3.16. The zero-order chi connectivity index (χ0) is 19.3. The van der Waals surface area contributed by atoms with Crippen LogP contribution in [-0.4, -0.2) is 63.6 Å². The highest BCUT2D eigenvalue weighted by Gasteiger charge is 2.43. The maximum absolute atomic E-state index is 6.37. The Morgan fingerprint density at radius 3 is 2.82 bits per heavy atom. The van der Waals surface area contributed by atoms with E-state index in [1.54, 1.807) is 10.8 Å². The van der Waals surface area contributed by atoms with Crippen molar-refractivity contribution in [2.75, 3.05) is 43.6 Å². The highest BCUT2D eigenvalue weighted by Crippen LogP contribution is 2.42. The molecule has 0 amide bonds. The topological polar surface area (TPSA) is 84.6 Å². The normalized spacial score (nSPS) is 18.5. The molecule has 3 aromatic heterocycles. The van der Waals surface area contributed by atoms with Gasteiger partial charge in [0.15, 0.2) is 0 Å². The number of hydrogen-bond donors (Lipinski definition) is 0. The number of aryl methyl sites for hydroxylation is 1. The molecule has 9 heteroatoms. The van der Waals surface area contributed by atoms with Gasteiger partial charge in [0, 0.05) is 33.4 Å². The summed E-state index contributed by atoms with van der Waals surface area (Å²) in [6.07, 6.45) is 6.26. The predicted octanol–water partition coefficient (Wildman–Crippen LogP) is 1.36. The van der Waals surface area contributed by atoms with Crippen LogP contribution in [0.1, 0.15) is 29.8 Å². The Bertz CT molecular complexity index is 1020. The lowest BCUT2D eigenvalue weighted by molar-refractivity contribution is -0.0800. The zero-order valence-electron chi connectivity index (χ0n) is 16.5. The fourth-order valence-corrected chi connectivity index (χ4v) is 4.27. The molecule has 2 aliphatic heterocycles. The molecule has 0 radical (unpaired) electrons. The number of aromatic nitrogens is 6. The van der Waals surface area contributed by atoms with E-state index in [4.69, 9.17) is 9.72 Å². The molecular formula is C19H24N8O. The minimum absolute atomic E-state index is 0.330. The largest absolute Gasteiger partial charge is 0.368 e. The van der Waals surface area contributed by atoms with Crippen molar-refractivity contribution in [2.24, 2.45) is 0 Å². The summed E-state index contributed by atoms with van der Waals surface area (Å²) in [7, 11) is 3.94. The molecule has 0 atom stereocenters. The van der Waals surface area contributed by atoms with Crippen molar-refractivity contribution in [1.82, 2.24) is 29.8 Å². The molecule has 0 bridgehead atoms. The van der Waals surface area contributed by atoms with Gasteiger partial charge in [0.25, 0.3) is 0 Å². The fraction of sp³-hybridized carbons (Fsp3) is 0.526. The lowest BCUT2D eigenvalue weighted by atomic mass is 9.83. The van der Waals surface area contributed by atoms with Crippen molar-refractivity contribution in [3.8, 4) is 0 Å². The first-order chi connectivity index (χ1) is 13.6. The van der Waals surface area contributed by atoms with Gasteiger partial charge in [0.05, 0.1) is 23.7 Å². The molecule has 5 rings (SSSR count). The van der Waals surface area contributed by atoms with Gasteiger partial charge in [-0.1, -0.05) is 0 Å². The maximum Gasteiger partial charge on any atom is 0.225 e. The number of piperidine rings is 1. The van der Waals surface area contributed by atoms with E-state index in [1.807, 2.05) is 32.1 Å². The highest BCUT2D eigenvalue weighted by atomic mass is 16.5. The van der Waals surface area contributed by atoms with Gasteiger partial charge in [-0.2, -0.15) is 9.61 Å². The predicted molar refractivity (Wildman–Crippen MR) is 105 cm³/mol. The molecule has 0 aromatic carbocycles. The number of hydrogen-bond acceptors (Lipinski definition) is 8. The first-order valence-corrected chi connectivity index (χ1v) is 9.66. The molecule has 146 valence electrons. The first-order valence-electron chi connectivity index (χ1n) is 9.66. The highest BCUT2D eigenvalue weighted by molar-refractivity contribution is 5.68. The Kier molecular flexibility index (Phi) is 3.94. The molecule has 1 spiro atoms. The molecule has 0 aliphatic carbocycles. The monoisotopic (exact) mass is 380 g/mol. The molecule has 1 saturated heterocycles. The summed E-state index contributed by atoms with van der Waals surface area (Å²) in [5.41, 5.74) is 4.77. The Morgan fingerprint density at radius 2 is 2.04 bits per heavy atom. The average molecular weight is 380 g/mol. The van der Waals surface area contributed by atoms with Gasteiger partial charge in [0.2, 0.25) is 11.6 Å². The van der Waals surface area contributed by atoms with Crippen molar-refractivity contribution < 1.29 is 4.74 Å². The Morgan fingerprint density at radius 1 is 1.21 bits per heavy atom. The fourth-order valence-electron chi connectivity index (χ4n) is 4.27. The number of anilines is 2. The van der Waals surface area contributed by atoms with Crippen LogP contribution in [0.2, 0.25) is 0 Å². The third kappa shape index (κ3) is 2.69. The van der Waals surface area contributed by atoms with Crippen molar-refractivity contribution in [2.45, 2.75) is 31.8 Å². The van der Waals surface area contributed by atoms with Crippen LogP contribution in [0.3, 0.4) is 0 Å². The lowest BCUT2D eigenvalue weighted by Gasteiger charge is -2.44. The summed E-state index contributed by atoms with van der Waals surface area (Å²) in [5.74, 6) is 0.737. The summed E-state index contributed by atoms with van der Waals surface area (Å²) in [5, 5.41) is 12.7. The summed E-state index contributed by atoms with van der Waals surface area (Å²) >= 11 is 0. The van der Waals surface area contributed by atoms with Gasteiger partial charge in [0.1, 0.15) is 11.9 Å². The van der Waals surface area contributed by atoms with Crippen LogP contribution < -0.4 is 9.80 Å². The van der Waals surface area contributed by atoms with Crippen molar-refractivity contribution in [3.05, 3.63) is 35.5 Å². The van der Waals surface area contributed by atoms with Crippen LogP contribution in [0.4, 0.5) is 11.6 Å². The molecule has 2 aliphatic rings. The summed E-state index contributed by atoms with van der Waals surface area (Å²) in [6.45, 7) is 4.45. The van der Waals surface area contributed by atoms with Crippen LogP contribution in [0.5, 0.6) is 0 Å². The van der Waals surface area contributed by atoms with Gasteiger partial charge in [-0.3, -0.25) is 0 Å². The summed E-state index contributed by atoms with van der Waals surface area (Å²) in [6, 6.07) is 2.09. The third-order valence-electron chi connectivity index (χ3n) is 5.72. The summed E-state index contributed by atoms with van der Waals surface area (Å²) < 4.78 is 8.12. The van der Waals surface area contributed by atoms with E-state index < -0.39 is 0 Å². The minimum Gasteiger partial charge on any atom is -0.368 e. The van der Waals surface area contributed by atoms with Crippen LogP contribution in [-0.2, 0) is 16.8 Å². The molecule has 28 heavy (non-hydrogen) atoms. The number of ether oxygens (including phenoxy) is 1. The van der Waals surface area contributed by atoms with Crippen molar-refractivity contribution >= 4 is 17.3 Å². The van der Waals surface area contributed by atoms with E-state index in [1.165, 1.54) is 5.56 Å². The third-order valence-corrected chi connectivity index (χ3v) is 5.72. The smallest absolute Gasteiger partial charge is 0.225 e. The van der Waals surface area contributed by atoms with Gasteiger partial charge in [-0.05, 0) is 37.8 Å². The minimum atomic E-state index is -0.330. The molecule has 1 fully saturated rings. The molecular weight excluding hydrogens is 356 g/mol. The lowest BCUT2D eigenvalue weighted by Crippen LogP contribution is -2.47. The molecule has 0 unspecified atom stereocenters. The van der Waals surface area contributed by atoms with Gasteiger partial charge >= 0.3 is 0 Å². The van der Waals surface area contributed by atoms with Gasteiger partial charge in [-0.15, -0.1) is 10.2 Å². The van der Waals surface area contributed by atoms with Crippen LogP contribution in [0.15, 0.2) is 18.6 Å². The number of nitrogens with zero attached hydrogens (tertiary/aromatic N) is 8. The Hall–Kier alpha value is -2.81. The van der Waals surface area contributed by atoms with E-state index >= 15 is 0 Å². The molecule has 3 aromatic rings. The van der Waals surface area contributed by atoms with Crippen molar-refractivity contribution in [1.29, 1.82) is 0 Å². The molecule has 5 heterocycles. The van der Waals surface area contributed by atoms with E-state index in [0.717, 1.165) is 67.6 Å². The zero-order valence-corrected chi connectivity index (χ0v) is 16.5.